The molecular formula is C24H23N5O2. The maximum atomic E-state index is 12.8. The van der Waals surface area contributed by atoms with Gasteiger partial charge in [-0.25, -0.2) is 9.97 Å². The number of aromatic nitrogens is 3. The van der Waals surface area contributed by atoms with Gasteiger partial charge in [-0.1, -0.05) is 12.1 Å². The third-order valence-electron chi connectivity index (χ3n) is 5.38. The first kappa shape index (κ1) is 19.3. The van der Waals surface area contributed by atoms with Crippen LogP contribution in [0, 0.1) is 0 Å². The molecule has 7 heteroatoms. The number of aromatic amines is 1. The summed E-state index contributed by atoms with van der Waals surface area (Å²) in [7, 11) is 0. The second-order valence-electron chi connectivity index (χ2n) is 7.55. The molecule has 7 nitrogen and oxygen atoms in total. The van der Waals surface area contributed by atoms with Crippen LogP contribution in [0.25, 0.3) is 22.4 Å². The number of carbonyl (C=O) groups excluding carboxylic acids is 1. The summed E-state index contributed by atoms with van der Waals surface area (Å²) in [5.74, 6) is 1.83. The van der Waals surface area contributed by atoms with Crippen LogP contribution in [0.15, 0.2) is 66.9 Å². The number of imidazole rings is 1. The molecule has 3 N–H and O–H groups in total. The molecule has 1 aliphatic heterocycles. The summed E-state index contributed by atoms with van der Waals surface area (Å²) in [6.45, 7) is 2.00. The van der Waals surface area contributed by atoms with E-state index in [1.165, 1.54) is 0 Å². The van der Waals surface area contributed by atoms with Crippen molar-refractivity contribution in [3.8, 4) is 17.1 Å². The summed E-state index contributed by atoms with van der Waals surface area (Å²) < 4.78 is 6.08. The van der Waals surface area contributed by atoms with Crippen LogP contribution in [-0.2, 0) is 0 Å². The van der Waals surface area contributed by atoms with Crippen LogP contribution in [-0.4, -0.2) is 40.1 Å². The molecule has 2 aromatic carbocycles. The summed E-state index contributed by atoms with van der Waals surface area (Å²) in [4.78, 5) is 25.0. The minimum Gasteiger partial charge on any atom is -0.490 e. The van der Waals surface area contributed by atoms with E-state index >= 15 is 0 Å². The van der Waals surface area contributed by atoms with Gasteiger partial charge in [0.25, 0.3) is 5.91 Å². The Morgan fingerprint density at radius 1 is 1.00 bits per heavy atom. The average Bonchev–Trinajstić information content (AvgIpc) is 3.25. The molecule has 0 unspecified atom stereocenters. The third kappa shape index (κ3) is 4.27. The number of anilines is 1. The number of amides is 1. The molecule has 4 aromatic rings. The van der Waals surface area contributed by atoms with Crippen molar-refractivity contribution in [3.05, 3.63) is 72.4 Å². The van der Waals surface area contributed by atoms with E-state index in [4.69, 9.17) is 9.72 Å². The van der Waals surface area contributed by atoms with Gasteiger partial charge in [-0.2, -0.15) is 0 Å². The molecule has 0 radical (unpaired) electrons. The Balaban J connectivity index is 1.37. The van der Waals surface area contributed by atoms with Crippen molar-refractivity contribution in [1.29, 1.82) is 0 Å². The fraction of sp³-hybridized carbons (Fsp3) is 0.208. The highest BCUT2D eigenvalue weighted by Gasteiger charge is 2.16. The highest BCUT2D eigenvalue weighted by Crippen LogP contribution is 2.26. The summed E-state index contributed by atoms with van der Waals surface area (Å²) in [5.41, 5.74) is 2.86. The van der Waals surface area contributed by atoms with Gasteiger partial charge in [0.15, 0.2) is 0 Å². The fourth-order valence-corrected chi connectivity index (χ4v) is 3.77. The predicted molar refractivity (Wildman–Crippen MR) is 120 cm³/mol. The maximum Gasteiger partial charge on any atom is 0.259 e. The molecule has 1 saturated heterocycles. The van der Waals surface area contributed by atoms with Crippen LogP contribution in [0.1, 0.15) is 23.2 Å². The average molecular weight is 413 g/mol. The number of hydrogen-bond acceptors (Lipinski definition) is 5. The lowest BCUT2D eigenvalue weighted by Gasteiger charge is -2.23. The Labute approximate surface area is 179 Å². The highest BCUT2D eigenvalue weighted by atomic mass is 16.5. The molecule has 0 saturated carbocycles. The minimum atomic E-state index is -0.243. The third-order valence-corrected chi connectivity index (χ3v) is 5.38. The Bertz CT molecular complexity index is 1180. The van der Waals surface area contributed by atoms with E-state index in [1.54, 1.807) is 24.4 Å². The van der Waals surface area contributed by atoms with E-state index in [2.05, 4.69) is 20.6 Å². The number of piperidine rings is 1. The molecule has 5 rings (SSSR count). The molecule has 31 heavy (non-hydrogen) atoms. The Morgan fingerprint density at radius 2 is 1.84 bits per heavy atom. The number of nitrogens with one attached hydrogen (secondary N) is 3. The second-order valence-corrected chi connectivity index (χ2v) is 7.55. The summed E-state index contributed by atoms with van der Waals surface area (Å²) in [5, 5.41) is 6.17. The van der Waals surface area contributed by atoms with Gasteiger partial charge >= 0.3 is 0 Å². The van der Waals surface area contributed by atoms with Gasteiger partial charge in [0.05, 0.1) is 11.1 Å². The van der Waals surface area contributed by atoms with Crippen LogP contribution in [0.5, 0.6) is 5.75 Å². The molecular weight excluding hydrogens is 390 g/mol. The van der Waals surface area contributed by atoms with Gasteiger partial charge in [-0.3, -0.25) is 4.79 Å². The van der Waals surface area contributed by atoms with E-state index in [0.29, 0.717) is 22.7 Å². The molecule has 1 amide bonds. The number of rotatable bonds is 5. The van der Waals surface area contributed by atoms with Crippen LogP contribution in [0.3, 0.4) is 0 Å². The van der Waals surface area contributed by atoms with Gasteiger partial charge in [0.1, 0.15) is 29.0 Å². The highest BCUT2D eigenvalue weighted by molar-refractivity contribution is 6.11. The largest absolute Gasteiger partial charge is 0.490 e. The summed E-state index contributed by atoms with van der Waals surface area (Å²) in [6, 6.07) is 18.8. The number of ether oxygens (including phenoxy) is 1. The molecule has 3 heterocycles. The molecule has 1 fully saturated rings. The van der Waals surface area contributed by atoms with Gasteiger partial charge in [-0.05, 0) is 74.5 Å². The number of nitrogens with zero attached hydrogens (tertiary/aromatic N) is 2. The van der Waals surface area contributed by atoms with Gasteiger partial charge in [0, 0.05) is 11.8 Å². The van der Waals surface area contributed by atoms with E-state index in [0.717, 1.165) is 42.8 Å². The number of benzene rings is 2. The first-order chi connectivity index (χ1) is 15.3. The topological polar surface area (TPSA) is 91.9 Å². The maximum absolute atomic E-state index is 12.8. The van der Waals surface area contributed by atoms with Crippen LogP contribution in [0.4, 0.5) is 5.82 Å². The van der Waals surface area contributed by atoms with E-state index in [-0.39, 0.29) is 12.0 Å². The zero-order valence-electron chi connectivity index (χ0n) is 17.0. The van der Waals surface area contributed by atoms with Crippen LogP contribution >= 0.6 is 0 Å². The number of pyridine rings is 1. The molecule has 0 bridgehead atoms. The van der Waals surface area contributed by atoms with Crippen molar-refractivity contribution in [2.45, 2.75) is 18.9 Å². The number of H-pyrrole nitrogens is 1. The molecule has 1 aliphatic rings. The lowest BCUT2D eigenvalue weighted by molar-refractivity contribution is 0.102. The number of hydrogen-bond donors (Lipinski definition) is 3. The summed E-state index contributed by atoms with van der Waals surface area (Å²) >= 11 is 0. The Kier molecular flexibility index (Phi) is 5.33. The lowest BCUT2D eigenvalue weighted by atomic mass is 10.1. The van der Waals surface area contributed by atoms with E-state index in [1.807, 2.05) is 42.5 Å². The molecule has 0 atom stereocenters. The molecule has 0 spiro atoms. The molecule has 2 aromatic heterocycles. The standard InChI is InChI=1S/C24H23N5O2/c30-24(28-21-6-1-2-13-26-21)19-4-3-5-20-22(19)29-23(27-20)16-7-9-17(10-8-16)31-18-11-14-25-15-12-18/h1-10,13,18,25H,11-12,14-15H2,(H,27,29)(H,26,28,30). The number of para-hydroxylation sites is 1. The predicted octanol–water partition coefficient (Wildman–Crippen LogP) is 4.01. The second kappa shape index (κ2) is 8.57. The SMILES string of the molecule is O=C(Nc1ccccn1)c1cccc2[nH]c(-c3ccc(OC4CCNCC4)cc3)nc12. The number of carbonyl (C=O) groups is 1. The van der Waals surface area contributed by atoms with E-state index in [9.17, 15) is 4.79 Å². The van der Waals surface area contributed by atoms with Gasteiger partial charge in [0.2, 0.25) is 0 Å². The van der Waals surface area contributed by atoms with Crippen molar-refractivity contribution in [2.75, 3.05) is 18.4 Å². The minimum absolute atomic E-state index is 0.243. The zero-order chi connectivity index (χ0) is 21.0. The van der Waals surface area contributed by atoms with Gasteiger partial charge in [-0.15, -0.1) is 0 Å². The van der Waals surface area contributed by atoms with Crippen molar-refractivity contribution in [2.24, 2.45) is 0 Å². The zero-order valence-corrected chi connectivity index (χ0v) is 17.0. The molecule has 156 valence electrons. The Morgan fingerprint density at radius 3 is 2.61 bits per heavy atom. The first-order valence-electron chi connectivity index (χ1n) is 10.5. The van der Waals surface area contributed by atoms with Crippen molar-refractivity contribution < 1.29 is 9.53 Å². The lowest BCUT2D eigenvalue weighted by Crippen LogP contribution is -2.34. The molecule has 0 aliphatic carbocycles. The van der Waals surface area contributed by atoms with Crippen molar-refractivity contribution in [1.82, 2.24) is 20.3 Å². The van der Waals surface area contributed by atoms with E-state index < -0.39 is 0 Å². The van der Waals surface area contributed by atoms with Gasteiger partial charge < -0.3 is 20.4 Å². The van der Waals surface area contributed by atoms with Crippen molar-refractivity contribution >= 4 is 22.8 Å². The fourth-order valence-electron chi connectivity index (χ4n) is 3.77. The van der Waals surface area contributed by atoms with Crippen molar-refractivity contribution in [3.63, 3.8) is 0 Å². The normalized spacial score (nSPS) is 14.5. The smallest absolute Gasteiger partial charge is 0.259 e. The number of fused-ring (bicyclic) bond motifs is 1. The Hall–Kier alpha value is -3.71. The van der Waals surface area contributed by atoms with Crippen LogP contribution in [0.2, 0.25) is 0 Å². The summed E-state index contributed by atoms with van der Waals surface area (Å²) in [6.07, 6.45) is 3.95. The quantitative estimate of drug-likeness (QED) is 0.460. The van der Waals surface area contributed by atoms with Crippen LogP contribution < -0.4 is 15.4 Å². The monoisotopic (exact) mass is 413 g/mol. The first-order valence-corrected chi connectivity index (χ1v) is 10.5.